The molecular weight excluding hydrogens is 267 g/mol. The van der Waals surface area contributed by atoms with Crippen molar-refractivity contribution in [1.82, 2.24) is 0 Å². The second kappa shape index (κ2) is 8.04. The van der Waals surface area contributed by atoms with Gasteiger partial charge in [0, 0.05) is 23.3 Å². The second-order valence-electron chi connectivity index (χ2n) is 4.70. The average molecular weight is 289 g/mol. The van der Waals surface area contributed by atoms with Gasteiger partial charge < -0.3 is 4.74 Å². The lowest BCUT2D eigenvalue weighted by molar-refractivity contribution is 0.0853. The summed E-state index contributed by atoms with van der Waals surface area (Å²) in [6.45, 7) is 7.87. The summed E-state index contributed by atoms with van der Waals surface area (Å²) in [4.78, 5) is 0. The molecule has 0 bridgehead atoms. The summed E-state index contributed by atoms with van der Waals surface area (Å²) in [6.07, 6.45) is 3.38. The number of rotatable bonds is 1. The zero-order valence-electron chi connectivity index (χ0n) is 11.4. The smallest absolute Gasteiger partial charge is 0.0471 e. The fourth-order valence-electron chi connectivity index (χ4n) is 1.93. The maximum Gasteiger partial charge on any atom is 0.0471 e. The predicted octanol–water partition coefficient (Wildman–Crippen LogP) is 5.61. The fourth-order valence-corrected chi connectivity index (χ4v) is 2.44. The molecule has 0 radical (unpaired) electrons. The lowest BCUT2D eigenvalue weighted by Gasteiger charge is -2.23. The zero-order chi connectivity index (χ0) is 13.5. The zero-order valence-corrected chi connectivity index (χ0v) is 12.9. The van der Waals surface area contributed by atoms with Gasteiger partial charge >= 0.3 is 0 Å². The van der Waals surface area contributed by atoms with E-state index < -0.39 is 0 Å². The van der Waals surface area contributed by atoms with E-state index in [-0.39, 0.29) is 0 Å². The standard InChI is InChI=1S/C12H14Cl2O.C3H8/c1-8-11(13)6-10(7-12(8)14)9-2-4-15-5-3-9;1-3-2/h6-7,9H,2-5H2,1H3;3H2,1-2H3. The molecule has 1 heterocycles. The molecule has 1 aromatic rings. The molecule has 0 unspecified atom stereocenters. The summed E-state index contributed by atoms with van der Waals surface area (Å²) in [6, 6.07) is 4.08. The van der Waals surface area contributed by atoms with Crippen molar-refractivity contribution in [3.8, 4) is 0 Å². The van der Waals surface area contributed by atoms with Crippen LogP contribution in [0.2, 0.25) is 10.0 Å². The molecule has 1 fully saturated rings. The van der Waals surface area contributed by atoms with Gasteiger partial charge in [-0.05, 0) is 48.9 Å². The highest BCUT2D eigenvalue weighted by Gasteiger charge is 2.17. The van der Waals surface area contributed by atoms with E-state index in [0.29, 0.717) is 5.92 Å². The summed E-state index contributed by atoms with van der Waals surface area (Å²) >= 11 is 12.2. The number of ether oxygens (including phenoxy) is 1. The van der Waals surface area contributed by atoms with Gasteiger partial charge in [0.2, 0.25) is 0 Å². The van der Waals surface area contributed by atoms with Crippen molar-refractivity contribution in [1.29, 1.82) is 0 Å². The molecule has 0 aliphatic carbocycles. The Morgan fingerprint density at radius 1 is 1.11 bits per heavy atom. The summed E-state index contributed by atoms with van der Waals surface area (Å²) in [5.74, 6) is 0.550. The quantitative estimate of drug-likeness (QED) is 0.652. The first kappa shape index (κ1) is 15.8. The highest BCUT2D eigenvalue weighted by molar-refractivity contribution is 6.36. The van der Waals surface area contributed by atoms with E-state index in [2.05, 4.69) is 13.8 Å². The van der Waals surface area contributed by atoms with Crippen molar-refractivity contribution in [2.75, 3.05) is 13.2 Å². The second-order valence-corrected chi connectivity index (χ2v) is 5.52. The van der Waals surface area contributed by atoms with Gasteiger partial charge in [0.1, 0.15) is 0 Å². The van der Waals surface area contributed by atoms with Crippen LogP contribution in [-0.4, -0.2) is 13.2 Å². The molecule has 18 heavy (non-hydrogen) atoms. The minimum Gasteiger partial charge on any atom is -0.381 e. The maximum absolute atomic E-state index is 6.12. The molecule has 0 aromatic heterocycles. The van der Waals surface area contributed by atoms with Gasteiger partial charge in [-0.3, -0.25) is 0 Å². The molecule has 1 aliphatic rings. The Balaban J connectivity index is 0.000000492. The van der Waals surface area contributed by atoms with Gasteiger partial charge in [-0.25, -0.2) is 0 Å². The third-order valence-corrected chi connectivity index (χ3v) is 3.78. The summed E-state index contributed by atoms with van der Waals surface area (Å²) < 4.78 is 5.34. The first-order valence-electron chi connectivity index (χ1n) is 6.63. The molecule has 1 saturated heterocycles. The van der Waals surface area contributed by atoms with Crippen LogP contribution in [0.3, 0.4) is 0 Å². The van der Waals surface area contributed by atoms with Crippen LogP contribution in [0, 0.1) is 6.92 Å². The van der Waals surface area contributed by atoms with Crippen molar-refractivity contribution in [3.05, 3.63) is 33.3 Å². The first-order chi connectivity index (χ1) is 8.60. The topological polar surface area (TPSA) is 9.23 Å². The van der Waals surface area contributed by atoms with Crippen molar-refractivity contribution in [3.63, 3.8) is 0 Å². The van der Waals surface area contributed by atoms with Crippen LogP contribution in [0.1, 0.15) is 50.2 Å². The largest absolute Gasteiger partial charge is 0.381 e. The number of benzene rings is 1. The SMILES string of the molecule is CCC.Cc1c(Cl)cc(C2CCOCC2)cc1Cl. The third kappa shape index (κ3) is 4.46. The van der Waals surface area contributed by atoms with Gasteiger partial charge in [0.15, 0.2) is 0 Å². The Hall–Kier alpha value is -0.240. The Bertz CT molecular complexity index is 348. The van der Waals surface area contributed by atoms with Crippen molar-refractivity contribution < 1.29 is 4.74 Å². The first-order valence-corrected chi connectivity index (χ1v) is 7.39. The van der Waals surface area contributed by atoms with Crippen molar-refractivity contribution in [2.24, 2.45) is 0 Å². The van der Waals surface area contributed by atoms with Crippen LogP contribution >= 0.6 is 23.2 Å². The van der Waals surface area contributed by atoms with E-state index in [1.165, 1.54) is 12.0 Å². The Morgan fingerprint density at radius 2 is 1.56 bits per heavy atom. The molecule has 1 aliphatic heterocycles. The maximum atomic E-state index is 6.12. The van der Waals surface area contributed by atoms with E-state index in [4.69, 9.17) is 27.9 Å². The Kier molecular flexibility index (Phi) is 7.06. The van der Waals surface area contributed by atoms with Crippen LogP contribution in [0.15, 0.2) is 12.1 Å². The lowest BCUT2D eigenvalue weighted by Crippen LogP contribution is -2.14. The van der Waals surface area contributed by atoms with Gasteiger partial charge in [-0.15, -0.1) is 0 Å². The molecule has 0 spiro atoms. The lowest BCUT2D eigenvalue weighted by atomic mass is 9.91. The number of halogens is 2. The number of hydrogen-bond acceptors (Lipinski definition) is 1. The van der Waals surface area contributed by atoms with Gasteiger partial charge in [-0.1, -0.05) is 43.5 Å². The molecule has 0 amide bonds. The molecule has 1 nitrogen and oxygen atoms in total. The summed E-state index contributed by atoms with van der Waals surface area (Å²) in [7, 11) is 0. The van der Waals surface area contributed by atoms with Crippen LogP contribution in [0.4, 0.5) is 0 Å². The highest BCUT2D eigenvalue weighted by Crippen LogP contribution is 2.33. The monoisotopic (exact) mass is 288 g/mol. The van der Waals surface area contributed by atoms with E-state index in [9.17, 15) is 0 Å². The van der Waals surface area contributed by atoms with Gasteiger partial charge in [0.25, 0.3) is 0 Å². The molecular formula is C15H22Cl2O. The fraction of sp³-hybridized carbons (Fsp3) is 0.600. The highest BCUT2D eigenvalue weighted by atomic mass is 35.5. The summed E-state index contributed by atoms with van der Waals surface area (Å²) in [5, 5.41) is 1.54. The molecule has 0 atom stereocenters. The predicted molar refractivity (Wildman–Crippen MR) is 80.0 cm³/mol. The Morgan fingerprint density at radius 3 is 2.00 bits per heavy atom. The molecule has 0 saturated carbocycles. The third-order valence-electron chi connectivity index (χ3n) is 3.00. The normalized spacial score (nSPS) is 16.1. The van der Waals surface area contributed by atoms with Gasteiger partial charge in [-0.2, -0.15) is 0 Å². The molecule has 1 aromatic carbocycles. The Labute approximate surface area is 120 Å². The van der Waals surface area contributed by atoms with E-state index in [1.807, 2.05) is 19.1 Å². The molecule has 3 heteroatoms. The van der Waals surface area contributed by atoms with E-state index >= 15 is 0 Å². The minimum absolute atomic E-state index is 0.550. The van der Waals surface area contributed by atoms with Gasteiger partial charge in [0.05, 0.1) is 0 Å². The van der Waals surface area contributed by atoms with Crippen LogP contribution in [0.5, 0.6) is 0 Å². The molecule has 0 N–H and O–H groups in total. The average Bonchev–Trinajstić information content (AvgIpc) is 2.37. The van der Waals surface area contributed by atoms with Crippen molar-refractivity contribution >= 4 is 23.2 Å². The molecule has 2 rings (SSSR count). The van der Waals surface area contributed by atoms with E-state index in [1.54, 1.807) is 0 Å². The van der Waals surface area contributed by atoms with Crippen molar-refractivity contribution in [2.45, 2.75) is 46.0 Å². The summed E-state index contributed by atoms with van der Waals surface area (Å²) in [5.41, 5.74) is 2.22. The van der Waals surface area contributed by atoms with Crippen LogP contribution < -0.4 is 0 Å². The number of hydrogen-bond donors (Lipinski definition) is 0. The molecule has 102 valence electrons. The van der Waals surface area contributed by atoms with Crippen LogP contribution in [0.25, 0.3) is 0 Å². The minimum atomic E-state index is 0.550. The van der Waals surface area contributed by atoms with E-state index in [0.717, 1.165) is 41.7 Å². The van der Waals surface area contributed by atoms with Crippen LogP contribution in [-0.2, 0) is 4.74 Å².